The maximum Gasteiger partial charge on any atom is 0.0461 e. The highest BCUT2D eigenvalue weighted by Gasteiger charge is 2.17. The van der Waals surface area contributed by atoms with Gasteiger partial charge in [0.1, 0.15) is 0 Å². The normalized spacial score (nSPS) is 22.4. The number of hydrogen-bond acceptors (Lipinski definition) is 3. The van der Waals surface area contributed by atoms with Crippen LogP contribution in [0.3, 0.4) is 0 Å². The van der Waals surface area contributed by atoms with Gasteiger partial charge < -0.3 is 11.1 Å². The number of thioether (sulfide) groups is 1. The second-order valence-corrected chi connectivity index (χ2v) is 7.66. The van der Waals surface area contributed by atoms with E-state index in [4.69, 9.17) is 28.9 Å². The van der Waals surface area contributed by atoms with E-state index in [0.29, 0.717) is 6.04 Å². The van der Waals surface area contributed by atoms with E-state index in [2.05, 4.69) is 5.32 Å². The number of hydrogen-bond donors (Lipinski definition) is 2. The van der Waals surface area contributed by atoms with Crippen LogP contribution in [-0.4, -0.2) is 24.9 Å². The first kappa shape index (κ1) is 17.4. The van der Waals surface area contributed by atoms with Gasteiger partial charge in [0.25, 0.3) is 0 Å². The Morgan fingerprint density at radius 1 is 1.14 bits per heavy atom. The minimum Gasteiger partial charge on any atom is -0.328 e. The molecule has 1 saturated carbocycles. The van der Waals surface area contributed by atoms with Crippen molar-refractivity contribution in [1.82, 2.24) is 5.32 Å². The minimum atomic E-state index is 0.442. The highest BCUT2D eigenvalue weighted by atomic mass is 35.5. The largest absolute Gasteiger partial charge is 0.328 e. The molecule has 0 bridgehead atoms. The lowest BCUT2D eigenvalue weighted by Crippen LogP contribution is -2.32. The van der Waals surface area contributed by atoms with Gasteiger partial charge in [-0.25, -0.2) is 0 Å². The molecule has 0 spiro atoms. The van der Waals surface area contributed by atoms with Gasteiger partial charge in [-0.3, -0.25) is 0 Å². The molecule has 0 atom stereocenters. The predicted octanol–water partition coefficient (Wildman–Crippen LogP) is 4.33. The fourth-order valence-electron chi connectivity index (χ4n) is 2.69. The first-order chi connectivity index (χ1) is 10.2. The standard InChI is InChI=1S/C16H24Cl2N2S/c17-15-2-1-3-16(18)14(15)11-21-9-8-20-10-12-4-6-13(19)7-5-12/h1-3,12-13,20H,4-11,19H2/t12-,13-. The Kier molecular flexibility index (Phi) is 7.69. The van der Waals surface area contributed by atoms with Crippen molar-refractivity contribution < 1.29 is 0 Å². The lowest BCUT2D eigenvalue weighted by Gasteiger charge is -2.26. The van der Waals surface area contributed by atoms with Gasteiger partial charge in [-0.05, 0) is 55.8 Å². The number of halogens is 2. The van der Waals surface area contributed by atoms with Crippen molar-refractivity contribution >= 4 is 35.0 Å². The molecule has 0 amide bonds. The third kappa shape index (κ3) is 5.99. The fourth-order valence-corrected chi connectivity index (χ4v) is 4.33. The molecule has 3 N–H and O–H groups in total. The van der Waals surface area contributed by atoms with E-state index in [1.165, 1.54) is 25.7 Å². The predicted molar refractivity (Wildman–Crippen MR) is 95.4 cm³/mol. The molecule has 118 valence electrons. The van der Waals surface area contributed by atoms with Gasteiger partial charge in [0.05, 0.1) is 0 Å². The van der Waals surface area contributed by atoms with Crippen LogP contribution in [0.25, 0.3) is 0 Å². The maximum absolute atomic E-state index is 6.16. The first-order valence-electron chi connectivity index (χ1n) is 7.63. The van der Waals surface area contributed by atoms with E-state index < -0.39 is 0 Å². The van der Waals surface area contributed by atoms with Crippen LogP contribution in [0, 0.1) is 5.92 Å². The zero-order valence-corrected chi connectivity index (χ0v) is 14.6. The zero-order chi connectivity index (χ0) is 15.1. The molecule has 21 heavy (non-hydrogen) atoms. The average molecular weight is 347 g/mol. The topological polar surface area (TPSA) is 38.0 Å². The van der Waals surface area contributed by atoms with Crippen LogP contribution in [0.2, 0.25) is 10.0 Å². The number of rotatable bonds is 7. The monoisotopic (exact) mass is 346 g/mol. The minimum absolute atomic E-state index is 0.442. The van der Waals surface area contributed by atoms with Crippen LogP contribution in [-0.2, 0) is 5.75 Å². The molecule has 0 aromatic heterocycles. The Morgan fingerprint density at radius 3 is 2.48 bits per heavy atom. The van der Waals surface area contributed by atoms with Gasteiger partial charge in [-0.2, -0.15) is 11.8 Å². The van der Waals surface area contributed by atoms with Crippen molar-refractivity contribution in [2.45, 2.75) is 37.5 Å². The fraction of sp³-hybridized carbons (Fsp3) is 0.625. The van der Waals surface area contributed by atoms with E-state index in [0.717, 1.165) is 46.1 Å². The lowest BCUT2D eigenvalue weighted by molar-refractivity contribution is 0.317. The highest BCUT2D eigenvalue weighted by molar-refractivity contribution is 7.98. The highest BCUT2D eigenvalue weighted by Crippen LogP contribution is 2.28. The van der Waals surface area contributed by atoms with Crippen LogP contribution in [0.5, 0.6) is 0 Å². The molecule has 0 aliphatic heterocycles. The van der Waals surface area contributed by atoms with Crippen LogP contribution >= 0.6 is 35.0 Å². The SMILES string of the molecule is N[C@H]1CC[C@H](CNCCSCc2c(Cl)cccc2Cl)CC1. The summed E-state index contributed by atoms with van der Waals surface area (Å²) in [5, 5.41) is 5.09. The Balaban J connectivity index is 1.56. The number of nitrogens with one attached hydrogen (secondary N) is 1. The summed E-state index contributed by atoms with van der Waals surface area (Å²) in [6.45, 7) is 2.16. The van der Waals surface area contributed by atoms with Crippen LogP contribution < -0.4 is 11.1 Å². The van der Waals surface area contributed by atoms with E-state index in [-0.39, 0.29) is 0 Å². The smallest absolute Gasteiger partial charge is 0.0461 e. The van der Waals surface area contributed by atoms with Gasteiger partial charge in [-0.1, -0.05) is 29.3 Å². The molecule has 1 aliphatic carbocycles. The maximum atomic E-state index is 6.16. The van der Waals surface area contributed by atoms with Gasteiger partial charge >= 0.3 is 0 Å². The Hall–Kier alpha value is 0.0700. The third-order valence-corrected chi connectivity index (χ3v) is 5.75. The summed E-state index contributed by atoms with van der Waals surface area (Å²) >= 11 is 14.2. The first-order valence-corrected chi connectivity index (χ1v) is 9.55. The second-order valence-electron chi connectivity index (χ2n) is 5.74. The van der Waals surface area contributed by atoms with Crippen molar-refractivity contribution in [3.63, 3.8) is 0 Å². The Bertz CT molecular complexity index is 414. The van der Waals surface area contributed by atoms with E-state index >= 15 is 0 Å². The van der Waals surface area contributed by atoms with E-state index in [1.807, 2.05) is 30.0 Å². The van der Waals surface area contributed by atoms with Crippen molar-refractivity contribution in [2.75, 3.05) is 18.8 Å². The number of nitrogens with two attached hydrogens (primary N) is 1. The molecule has 2 nitrogen and oxygen atoms in total. The Morgan fingerprint density at radius 2 is 1.81 bits per heavy atom. The molecule has 1 aromatic carbocycles. The summed E-state index contributed by atoms with van der Waals surface area (Å²) in [6.07, 6.45) is 4.92. The molecular weight excluding hydrogens is 323 g/mol. The van der Waals surface area contributed by atoms with Crippen molar-refractivity contribution in [2.24, 2.45) is 11.7 Å². The molecular formula is C16H24Cl2N2S. The van der Waals surface area contributed by atoms with Crippen LogP contribution in [0.1, 0.15) is 31.2 Å². The molecule has 5 heteroatoms. The average Bonchev–Trinajstić information content (AvgIpc) is 2.47. The summed E-state index contributed by atoms with van der Waals surface area (Å²) < 4.78 is 0. The van der Waals surface area contributed by atoms with Crippen LogP contribution in [0.15, 0.2) is 18.2 Å². The lowest BCUT2D eigenvalue weighted by atomic mass is 9.86. The molecule has 1 fully saturated rings. The quantitative estimate of drug-likeness (QED) is 0.721. The summed E-state index contributed by atoms with van der Waals surface area (Å²) in [5.74, 6) is 2.76. The molecule has 2 rings (SSSR count). The number of benzene rings is 1. The van der Waals surface area contributed by atoms with Crippen molar-refractivity contribution in [3.05, 3.63) is 33.8 Å². The van der Waals surface area contributed by atoms with Crippen molar-refractivity contribution in [1.29, 1.82) is 0 Å². The Labute approximate surface area is 142 Å². The van der Waals surface area contributed by atoms with Crippen LogP contribution in [0.4, 0.5) is 0 Å². The molecule has 1 aliphatic rings. The van der Waals surface area contributed by atoms with Crippen molar-refractivity contribution in [3.8, 4) is 0 Å². The third-order valence-electron chi connectivity index (χ3n) is 4.06. The molecule has 0 radical (unpaired) electrons. The van der Waals surface area contributed by atoms with Gasteiger partial charge in [0, 0.05) is 34.1 Å². The summed E-state index contributed by atoms with van der Waals surface area (Å²) in [7, 11) is 0. The van der Waals surface area contributed by atoms with Gasteiger partial charge in [0.2, 0.25) is 0 Å². The summed E-state index contributed by atoms with van der Waals surface area (Å²) in [6, 6.07) is 6.12. The molecule has 1 aromatic rings. The van der Waals surface area contributed by atoms with E-state index in [1.54, 1.807) is 0 Å². The molecule has 0 heterocycles. The molecule has 0 saturated heterocycles. The molecule has 0 unspecified atom stereocenters. The van der Waals surface area contributed by atoms with E-state index in [9.17, 15) is 0 Å². The second kappa shape index (κ2) is 9.26. The van der Waals surface area contributed by atoms with Gasteiger partial charge in [-0.15, -0.1) is 0 Å². The summed E-state index contributed by atoms with van der Waals surface area (Å²) in [4.78, 5) is 0. The van der Waals surface area contributed by atoms with Gasteiger partial charge in [0.15, 0.2) is 0 Å². The zero-order valence-electron chi connectivity index (χ0n) is 12.3. The summed E-state index contributed by atoms with van der Waals surface area (Å²) in [5.41, 5.74) is 6.97.